The van der Waals surface area contributed by atoms with Gasteiger partial charge in [0.25, 0.3) is 0 Å². The number of aliphatic hydroxyl groups is 1. The lowest BCUT2D eigenvalue weighted by Gasteiger charge is -2.09. The van der Waals surface area contributed by atoms with Crippen molar-refractivity contribution in [2.24, 2.45) is 0 Å². The highest BCUT2D eigenvalue weighted by Gasteiger charge is 2.14. The van der Waals surface area contributed by atoms with Gasteiger partial charge in [0, 0.05) is 6.42 Å². The molecule has 1 unspecified atom stereocenters. The highest BCUT2D eigenvalue weighted by molar-refractivity contribution is 9.11. The van der Waals surface area contributed by atoms with Crippen molar-refractivity contribution in [3.63, 3.8) is 0 Å². The second-order valence-electron chi connectivity index (χ2n) is 3.62. The molecule has 0 spiro atoms. The first-order chi connectivity index (χ1) is 8.08. The largest absolute Gasteiger partial charge is 0.388 e. The number of aliphatic hydroxyl groups excluding tert-OH is 1. The summed E-state index contributed by atoms with van der Waals surface area (Å²) in [6, 6.07) is 5.74. The Labute approximate surface area is 110 Å². The first kappa shape index (κ1) is 12.7. The molecule has 0 amide bonds. The molecular weight excluding hydrogens is 310 g/mol. The third-order valence-electron chi connectivity index (χ3n) is 2.42. The molecule has 0 saturated carbocycles. The standard InChI is InChI=1S/C12H9BrF2OS/c13-11-5-8(6-17-11)10(16)4-7-2-1-3-9(14)12(7)15/h1-3,5-6,10,16H,4H2. The van der Waals surface area contributed by atoms with Crippen LogP contribution in [0.4, 0.5) is 8.78 Å². The molecule has 0 radical (unpaired) electrons. The first-order valence-electron chi connectivity index (χ1n) is 4.93. The second kappa shape index (κ2) is 5.25. The van der Waals surface area contributed by atoms with Crippen LogP contribution in [0.25, 0.3) is 0 Å². The maximum atomic E-state index is 13.4. The SMILES string of the molecule is OC(Cc1cccc(F)c1F)c1csc(Br)c1. The van der Waals surface area contributed by atoms with Gasteiger partial charge in [-0.25, -0.2) is 8.78 Å². The van der Waals surface area contributed by atoms with E-state index in [2.05, 4.69) is 15.9 Å². The molecule has 1 aromatic carbocycles. The fraction of sp³-hybridized carbons (Fsp3) is 0.167. The zero-order valence-corrected chi connectivity index (χ0v) is 11.1. The monoisotopic (exact) mass is 318 g/mol. The fourth-order valence-electron chi connectivity index (χ4n) is 1.53. The number of benzene rings is 1. The number of hydrogen-bond acceptors (Lipinski definition) is 2. The molecule has 2 rings (SSSR count). The van der Waals surface area contributed by atoms with Crippen LogP contribution in [0.5, 0.6) is 0 Å². The average molecular weight is 319 g/mol. The van der Waals surface area contributed by atoms with Crippen LogP contribution in [-0.4, -0.2) is 5.11 Å². The summed E-state index contributed by atoms with van der Waals surface area (Å²) < 4.78 is 27.3. The Hall–Kier alpha value is -0.780. The van der Waals surface area contributed by atoms with Crippen LogP contribution in [0.15, 0.2) is 33.4 Å². The smallest absolute Gasteiger partial charge is 0.162 e. The quantitative estimate of drug-likeness (QED) is 0.904. The summed E-state index contributed by atoms with van der Waals surface area (Å²) in [6.45, 7) is 0. The minimum Gasteiger partial charge on any atom is -0.388 e. The molecule has 0 aliphatic heterocycles. The van der Waals surface area contributed by atoms with Crippen LogP contribution in [0, 0.1) is 11.6 Å². The number of rotatable bonds is 3. The second-order valence-corrected chi connectivity index (χ2v) is 5.91. The van der Waals surface area contributed by atoms with E-state index in [-0.39, 0.29) is 12.0 Å². The van der Waals surface area contributed by atoms with Crippen LogP contribution in [-0.2, 0) is 6.42 Å². The van der Waals surface area contributed by atoms with Gasteiger partial charge in [-0.3, -0.25) is 0 Å². The zero-order chi connectivity index (χ0) is 12.4. The molecule has 0 fully saturated rings. The van der Waals surface area contributed by atoms with Crippen molar-refractivity contribution in [1.29, 1.82) is 0 Å². The Morgan fingerprint density at radius 1 is 1.35 bits per heavy atom. The lowest BCUT2D eigenvalue weighted by atomic mass is 10.0. The van der Waals surface area contributed by atoms with Crippen LogP contribution in [0.2, 0.25) is 0 Å². The Morgan fingerprint density at radius 2 is 2.12 bits per heavy atom. The van der Waals surface area contributed by atoms with Crippen molar-refractivity contribution in [2.45, 2.75) is 12.5 Å². The highest BCUT2D eigenvalue weighted by Crippen LogP contribution is 2.28. The van der Waals surface area contributed by atoms with Gasteiger partial charge in [0.2, 0.25) is 0 Å². The van der Waals surface area contributed by atoms with E-state index in [4.69, 9.17) is 0 Å². The van der Waals surface area contributed by atoms with E-state index in [9.17, 15) is 13.9 Å². The Balaban J connectivity index is 2.18. The molecule has 1 heterocycles. The van der Waals surface area contributed by atoms with Crippen molar-refractivity contribution in [1.82, 2.24) is 0 Å². The van der Waals surface area contributed by atoms with Gasteiger partial charge in [0.05, 0.1) is 9.89 Å². The van der Waals surface area contributed by atoms with Crippen molar-refractivity contribution < 1.29 is 13.9 Å². The van der Waals surface area contributed by atoms with E-state index in [1.54, 1.807) is 11.4 Å². The minimum atomic E-state index is -0.888. The van der Waals surface area contributed by atoms with Gasteiger partial charge < -0.3 is 5.11 Å². The van der Waals surface area contributed by atoms with Crippen LogP contribution in [0.3, 0.4) is 0 Å². The number of hydrogen-bond donors (Lipinski definition) is 1. The Morgan fingerprint density at radius 3 is 2.76 bits per heavy atom. The van der Waals surface area contributed by atoms with Crippen molar-refractivity contribution in [2.75, 3.05) is 0 Å². The van der Waals surface area contributed by atoms with Gasteiger partial charge in [-0.1, -0.05) is 12.1 Å². The predicted octanol–water partition coefficient (Wildman–Crippen LogP) is 4.06. The van der Waals surface area contributed by atoms with E-state index in [0.717, 1.165) is 9.85 Å². The van der Waals surface area contributed by atoms with Crippen molar-refractivity contribution in [3.05, 3.63) is 56.2 Å². The molecule has 0 bridgehead atoms. The van der Waals surface area contributed by atoms with E-state index in [1.165, 1.54) is 23.5 Å². The van der Waals surface area contributed by atoms with Crippen LogP contribution >= 0.6 is 27.3 Å². The lowest BCUT2D eigenvalue weighted by molar-refractivity contribution is 0.177. The topological polar surface area (TPSA) is 20.2 Å². The summed E-state index contributed by atoms with van der Waals surface area (Å²) in [6.07, 6.45) is -0.763. The molecule has 1 atom stereocenters. The maximum absolute atomic E-state index is 13.4. The van der Waals surface area contributed by atoms with E-state index < -0.39 is 17.7 Å². The molecule has 0 aliphatic rings. The molecule has 1 nitrogen and oxygen atoms in total. The summed E-state index contributed by atoms with van der Waals surface area (Å²) >= 11 is 4.72. The summed E-state index contributed by atoms with van der Waals surface area (Å²) in [5, 5.41) is 11.7. The number of halogens is 3. The molecular formula is C12H9BrF2OS. The molecule has 1 aromatic heterocycles. The van der Waals surface area contributed by atoms with Crippen molar-refractivity contribution >= 4 is 27.3 Å². The summed E-state index contributed by atoms with van der Waals surface area (Å²) in [5.74, 6) is -1.78. The summed E-state index contributed by atoms with van der Waals surface area (Å²) in [5.41, 5.74) is 0.880. The van der Waals surface area contributed by atoms with Crippen molar-refractivity contribution in [3.8, 4) is 0 Å². The third-order valence-corrected chi connectivity index (χ3v) is 3.94. The maximum Gasteiger partial charge on any atom is 0.162 e. The van der Waals surface area contributed by atoms with E-state index in [1.807, 2.05) is 0 Å². The zero-order valence-electron chi connectivity index (χ0n) is 8.66. The Bertz CT molecular complexity index is 527. The fourth-order valence-corrected chi connectivity index (χ4v) is 2.75. The Kier molecular flexibility index (Phi) is 3.91. The van der Waals surface area contributed by atoms with Gasteiger partial charge in [-0.05, 0) is 44.6 Å². The van der Waals surface area contributed by atoms with Gasteiger partial charge >= 0.3 is 0 Å². The van der Waals surface area contributed by atoms with E-state index in [0.29, 0.717) is 5.56 Å². The molecule has 5 heteroatoms. The molecule has 2 aromatic rings. The third kappa shape index (κ3) is 2.91. The first-order valence-corrected chi connectivity index (χ1v) is 6.60. The molecule has 0 aliphatic carbocycles. The molecule has 17 heavy (non-hydrogen) atoms. The van der Waals surface area contributed by atoms with E-state index >= 15 is 0 Å². The lowest BCUT2D eigenvalue weighted by Crippen LogP contribution is -2.03. The van der Waals surface area contributed by atoms with Crippen LogP contribution < -0.4 is 0 Å². The minimum absolute atomic E-state index is 0.0623. The van der Waals surface area contributed by atoms with Gasteiger partial charge in [0.15, 0.2) is 11.6 Å². The van der Waals surface area contributed by atoms with Gasteiger partial charge in [-0.2, -0.15) is 0 Å². The van der Waals surface area contributed by atoms with Crippen LogP contribution in [0.1, 0.15) is 17.2 Å². The molecule has 0 saturated heterocycles. The molecule has 1 N–H and O–H groups in total. The summed E-state index contributed by atoms with van der Waals surface area (Å²) in [4.78, 5) is 0. The highest BCUT2D eigenvalue weighted by atomic mass is 79.9. The van der Waals surface area contributed by atoms with Gasteiger partial charge in [-0.15, -0.1) is 11.3 Å². The van der Waals surface area contributed by atoms with Gasteiger partial charge in [0.1, 0.15) is 0 Å². The number of thiophene rings is 1. The molecule has 90 valence electrons. The average Bonchev–Trinajstić information content (AvgIpc) is 2.72. The predicted molar refractivity (Wildman–Crippen MR) is 67.0 cm³/mol. The summed E-state index contributed by atoms with van der Waals surface area (Å²) in [7, 11) is 0. The normalized spacial score (nSPS) is 12.7.